The lowest BCUT2D eigenvalue weighted by Gasteiger charge is -2.24. The molecule has 0 aliphatic rings. The molecule has 0 saturated heterocycles. The average Bonchev–Trinajstić information content (AvgIpc) is 2.30. The normalized spacial score (nSPS) is 11.3. The average molecular weight is 286 g/mol. The molecule has 0 aliphatic heterocycles. The first-order valence-corrected chi connectivity index (χ1v) is 6.75. The predicted molar refractivity (Wildman–Crippen MR) is 78.1 cm³/mol. The van der Waals surface area contributed by atoms with Gasteiger partial charge in [0, 0.05) is 26.1 Å². The highest BCUT2D eigenvalue weighted by molar-refractivity contribution is 6.30. The summed E-state index contributed by atoms with van der Waals surface area (Å²) in [5, 5.41) is 7.43. The molecule has 0 aliphatic carbocycles. The van der Waals surface area contributed by atoms with Gasteiger partial charge in [0.2, 0.25) is 0 Å². The zero-order valence-electron chi connectivity index (χ0n) is 11.4. The lowest BCUT2D eigenvalue weighted by Crippen LogP contribution is -2.30. The Kier molecular flexibility index (Phi) is 6.25. The van der Waals surface area contributed by atoms with Crippen molar-refractivity contribution in [1.82, 2.24) is 4.90 Å². The van der Waals surface area contributed by atoms with Crippen LogP contribution in [0.15, 0.2) is 18.2 Å². The van der Waals surface area contributed by atoms with E-state index < -0.39 is 5.82 Å². The number of hydrogen-bond donors (Lipinski definition) is 2. The highest BCUT2D eigenvalue weighted by atomic mass is 35.5. The smallest absolute Gasteiger partial charge is 0.142 e. The van der Waals surface area contributed by atoms with Crippen molar-refractivity contribution in [1.29, 1.82) is 5.41 Å². The summed E-state index contributed by atoms with van der Waals surface area (Å²) in [5.74, 6) is 0.287. The maximum Gasteiger partial charge on any atom is 0.142 e. The number of amidine groups is 1. The first kappa shape index (κ1) is 15.9. The number of hydrogen-bond acceptors (Lipinski definition) is 2. The van der Waals surface area contributed by atoms with Crippen LogP contribution in [0.5, 0.6) is 0 Å². The molecular formula is C14H21ClFN3. The number of benzene rings is 1. The van der Waals surface area contributed by atoms with Crippen molar-refractivity contribution in [2.45, 2.75) is 26.8 Å². The molecule has 0 spiro atoms. The Balaban J connectivity index is 2.69. The van der Waals surface area contributed by atoms with Crippen molar-refractivity contribution in [2.24, 2.45) is 11.7 Å². The van der Waals surface area contributed by atoms with Gasteiger partial charge in [0.1, 0.15) is 5.82 Å². The fourth-order valence-electron chi connectivity index (χ4n) is 1.93. The lowest BCUT2D eigenvalue weighted by molar-refractivity contribution is 0.242. The summed E-state index contributed by atoms with van der Waals surface area (Å²) in [4.78, 5) is 2.18. The van der Waals surface area contributed by atoms with Crippen LogP contribution in [-0.2, 0) is 6.54 Å². The highest BCUT2D eigenvalue weighted by Crippen LogP contribution is 2.17. The van der Waals surface area contributed by atoms with Crippen LogP contribution in [0.25, 0.3) is 0 Å². The molecule has 1 aromatic carbocycles. The summed E-state index contributed by atoms with van der Waals surface area (Å²) in [6.45, 7) is 6.49. The Hall–Kier alpha value is -1.13. The van der Waals surface area contributed by atoms with Crippen molar-refractivity contribution in [3.05, 3.63) is 34.6 Å². The number of nitrogens with one attached hydrogen (secondary N) is 1. The molecule has 0 bridgehead atoms. The van der Waals surface area contributed by atoms with Crippen LogP contribution < -0.4 is 5.73 Å². The molecule has 3 nitrogen and oxygen atoms in total. The van der Waals surface area contributed by atoms with Crippen LogP contribution in [0, 0.1) is 17.1 Å². The molecule has 0 atom stereocenters. The van der Waals surface area contributed by atoms with Gasteiger partial charge in [-0.05, 0) is 23.6 Å². The molecule has 1 rings (SSSR count). The summed E-state index contributed by atoms with van der Waals surface area (Å²) >= 11 is 5.67. The van der Waals surface area contributed by atoms with Gasteiger partial charge in [0.25, 0.3) is 0 Å². The molecule has 0 heterocycles. The van der Waals surface area contributed by atoms with Gasteiger partial charge in [-0.15, -0.1) is 0 Å². The molecule has 19 heavy (non-hydrogen) atoms. The van der Waals surface area contributed by atoms with Crippen molar-refractivity contribution in [3.8, 4) is 0 Å². The molecule has 1 aromatic rings. The van der Waals surface area contributed by atoms with Gasteiger partial charge in [-0.1, -0.05) is 31.5 Å². The van der Waals surface area contributed by atoms with Gasteiger partial charge >= 0.3 is 0 Å². The van der Waals surface area contributed by atoms with E-state index >= 15 is 0 Å². The minimum atomic E-state index is -0.393. The van der Waals surface area contributed by atoms with E-state index in [1.165, 1.54) is 6.07 Å². The minimum Gasteiger partial charge on any atom is -0.388 e. The molecule has 5 heteroatoms. The van der Waals surface area contributed by atoms with Crippen molar-refractivity contribution in [2.75, 3.05) is 13.1 Å². The van der Waals surface area contributed by atoms with E-state index in [1.807, 2.05) is 6.07 Å². The number of nitrogens with zero attached hydrogens (tertiary/aromatic N) is 1. The van der Waals surface area contributed by atoms with Crippen LogP contribution >= 0.6 is 11.6 Å². The topological polar surface area (TPSA) is 53.1 Å². The first-order valence-electron chi connectivity index (χ1n) is 6.37. The third-order valence-electron chi connectivity index (χ3n) is 2.71. The summed E-state index contributed by atoms with van der Waals surface area (Å²) in [7, 11) is 0. The predicted octanol–water partition coefficient (Wildman–Crippen LogP) is 3.26. The third-order valence-corrected chi connectivity index (χ3v) is 3.02. The van der Waals surface area contributed by atoms with Gasteiger partial charge in [-0.25, -0.2) is 4.39 Å². The zero-order valence-corrected chi connectivity index (χ0v) is 12.2. The molecule has 0 amide bonds. The molecule has 3 N–H and O–H groups in total. The summed E-state index contributed by atoms with van der Waals surface area (Å²) < 4.78 is 13.4. The van der Waals surface area contributed by atoms with E-state index in [9.17, 15) is 4.39 Å². The van der Waals surface area contributed by atoms with Crippen LogP contribution in [0.1, 0.15) is 25.8 Å². The fourth-order valence-corrected chi connectivity index (χ4v) is 2.04. The second-order valence-corrected chi connectivity index (χ2v) is 5.56. The second-order valence-electron chi connectivity index (χ2n) is 5.15. The van der Waals surface area contributed by atoms with E-state index in [0.717, 1.165) is 12.1 Å². The van der Waals surface area contributed by atoms with E-state index in [2.05, 4.69) is 18.7 Å². The van der Waals surface area contributed by atoms with Crippen molar-refractivity contribution in [3.63, 3.8) is 0 Å². The fraction of sp³-hybridized carbons (Fsp3) is 0.500. The van der Waals surface area contributed by atoms with Crippen LogP contribution in [0.2, 0.25) is 5.02 Å². The van der Waals surface area contributed by atoms with E-state index in [1.54, 1.807) is 6.07 Å². The van der Waals surface area contributed by atoms with Gasteiger partial charge in [-0.3, -0.25) is 10.3 Å². The number of rotatable bonds is 7. The van der Waals surface area contributed by atoms with E-state index in [0.29, 0.717) is 25.4 Å². The molecule has 0 aromatic heterocycles. The van der Waals surface area contributed by atoms with E-state index in [4.69, 9.17) is 22.7 Å². The molecule has 0 radical (unpaired) electrons. The Morgan fingerprint density at radius 1 is 1.47 bits per heavy atom. The Morgan fingerprint density at radius 3 is 2.68 bits per heavy atom. The summed E-state index contributed by atoms with van der Waals surface area (Å²) in [6, 6.07) is 4.86. The first-order chi connectivity index (χ1) is 8.88. The molecule has 106 valence electrons. The standard InChI is InChI=1S/C14H21ClFN3/c1-10(2)8-19(6-5-14(17)18)9-11-3-4-12(15)13(16)7-11/h3-4,7,10H,5-6,8-9H2,1-2H3,(H3,17,18). The second kappa shape index (κ2) is 7.46. The summed E-state index contributed by atoms with van der Waals surface area (Å²) in [5.41, 5.74) is 6.27. The van der Waals surface area contributed by atoms with Gasteiger partial charge in [0.15, 0.2) is 0 Å². The molecule has 0 unspecified atom stereocenters. The maximum atomic E-state index is 13.4. The van der Waals surface area contributed by atoms with Gasteiger partial charge in [-0.2, -0.15) is 0 Å². The number of nitrogens with two attached hydrogens (primary N) is 1. The van der Waals surface area contributed by atoms with Crippen molar-refractivity contribution >= 4 is 17.4 Å². The molecule has 0 fully saturated rings. The van der Waals surface area contributed by atoms with Gasteiger partial charge in [0.05, 0.1) is 10.9 Å². The Labute approximate surface area is 119 Å². The van der Waals surface area contributed by atoms with Crippen LogP contribution in [-0.4, -0.2) is 23.8 Å². The van der Waals surface area contributed by atoms with Crippen molar-refractivity contribution < 1.29 is 4.39 Å². The SMILES string of the molecule is CC(C)CN(CCC(=N)N)Cc1ccc(Cl)c(F)c1. The quantitative estimate of drug-likeness (QED) is 0.597. The van der Waals surface area contributed by atoms with Gasteiger partial charge < -0.3 is 5.73 Å². The largest absolute Gasteiger partial charge is 0.388 e. The Morgan fingerprint density at radius 2 is 2.16 bits per heavy atom. The lowest BCUT2D eigenvalue weighted by atomic mass is 10.1. The number of halogens is 2. The maximum absolute atomic E-state index is 13.4. The van der Waals surface area contributed by atoms with Crippen LogP contribution in [0.4, 0.5) is 4.39 Å². The minimum absolute atomic E-state index is 0.142. The zero-order chi connectivity index (χ0) is 14.4. The summed E-state index contributed by atoms with van der Waals surface area (Å²) in [6.07, 6.45) is 0.531. The third kappa shape index (κ3) is 6.03. The molecular weight excluding hydrogens is 265 g/mol. The van der Waals surface area contributed by atoms with Crippen LogP contribution in [0.3, 0.4) is 0 Å². The van der Waals surface area contributed by atoms with E-state index in [-0.39, 0.29) is 10.9 Å². The monoisotopic (exact) mass is 285 g/mol. The molecule has 0 saturated carbocycles. The highest BCUT2D eigenvalue weighted by Gasteiger charge is 2.10. The Bertz CT molecular complexity index is 435.